The molecule has 1 heterocycles. The molecule has 2 fully saturated rings. The Morgan fingerprint density at radius 2 is 1.83 bits per heavy atom. The average Bonchev–Trinajstić information content (AvgIpc) is 2.51. The van der Waals surface area contributed by atoms with Crippen LogP contribution in [0.25, 0.3) is 0 Å². The molecule has 0 aromatic heterocycles. The van der Waals surface area contributed by atoms with Gasteiger partial charge in [0.15, 0.2) is 5.96 Å². The van der Waals surface area contributed by atoms with Crippen molar-refractivity contribution < 1.29 is 13.2 Å². The third-order valence-electron chi connectivity index (χ3n) is 5.03. The Hall–Kier alpha value is -0.250. The maximum absolute atomic E-state index is 12.7. The molecule has 1 unspecified atom stereocenters. The first-order valence-electron chi connectivity index (χ1n) is 8.61. The Morgan fingerprint density at radius 3 is 2.38 bits per heavy atom. The quantitative estimate of drug-likeness (QED) is 0.385. The van der Waals surface area contributed by atoms with E-state index in [-0.39, 0.29) is 42.9 Å². The summed E-state index contributed by atoms with van der Waals surface area (Å²) < 4.78 is 38.1. The van der Waals surface area contributed by atoms with Crippen molar-refractivity contribution in [1.29, 1.82) is 0 Å². The van der Waals surface area contributed by atoms with Crippen molar-refractivity contribution in [2.45, 2.75) is 50.7 Å². The summed E-state index contributed by atoms with van der Waals surface area (Å²) in [5.41, 5.74) is 0. The molecule has 2 rings (SSSR count). The number of hydrogen-bond acceptors (Lipinski definition) is 2. The van der Waals surface area contributed by atoms with Crippen LogP contribution in [0.4, 0.5) is 13.2 Å². The predicted octanol–water partition coefficient (Wildman–Crippen LogP) is 3.23. The van der Waals surface area contributed by atoms with E-state index in [1.807, 2.05) is 0 Å². The molecule has 24 heavy (non-hydrogen) atoms. The van der Waals surface area contributed by atoms with Gasteiger partial charge in [-0.05, 0) is 58.0 Å². The fourth-order valence-electron chi connectivity index (χ4n) is 3.63. The second kappa shape index (κ2) is 10.0. The zero-order chi connectivity index (χ0) is 16.9. The highest BCUT2D eigenvalue weighted by Gasteiger charge is 2.41. The minimum Gasteiger partial charge on any atom is -0.356 e. The fourth-order valence-corrected chi connectivity index (χ4v) is 3.63. The Morgan fingerprint density at radius 1 is 1.17 bits per heavy atom. The molecule has 0 spiro atoms. The molecule has 8 heteroatoms. The van der Waals surface area contributed by atoms with Gasteiger partial charge in [0.1, 0.15) is 0 Å². The lowest BCUT2D eigenvalue weighted by molar-refractivity contribution is -0.182. The molecule has 1 aliphatic heterocycles. The standard InChI is InChI=1S/C16H29F3N4.HI/c1-20-15(21-10-12-4-3-9-23(2)11-12)22-14-7-5-13(6-8-14)16(17,18)19;/h12-14H,3-11H2,1-2H3,(H2,20,21,22);1H. The van der Waals surface area contributed by atoms with Crippen LogP contribution in [-0.2, 0) is 0 Å². The van der Waals surface area contributed by atoms with Gasteiger partial charge in [0.2, 0.25) is 0 Å². The zero-order valence-electron chi connectivity index (χ0n) is 14.5. The highest BCUT2D eigenvalue weighted by molar-refractivity contribution is 14.0. The normalized spacial score (nSPS) is 29.7. The first kappa shape index (κ1) is 21.8. The molecular formula is C16H30F3IN4. The first-order chi connectivity index (χ1) is 10.9. The summed E-state index contributed by atoms with van der Waals surface area (Å²) in [6.45, 7) is 3.11. The third-order valence-corrected chi connectivity index (χ3v) is 5.03. The second-order valence-corrected chi connectivity index (χ2v) is 6.96. The van der Waals surface area contributed by atoms with Gasteiger partial charge >= 0.3 is 6.18 Å². The topological polar surface area (TPSA) is 39.7 Å². The van der Waals surface area contributed by atoms with E-state index in [4.69, 9.17) is 0 Å². The van der Waals surface area contributed by atoms with Gasteiger partial charge in [-0.25, -0.2) is 0 Å². The van der Waals surface area contributed by atoms with Crippen molar-refractivity contribution in [3.8, 4) is 0 Å². The van der Waals surface area contributed by atoms with Crippen LogP contribution in [0.1, 0.15) is 38.5 Å². The number of likely N-dealkylation sites (tertiary alicyclic amines) is 1. The maximum atomic E-state index is 12.7. The van der Waals surface area contributed by atoms with Gasteiger partial charge in [0.25, 0.3) is 0 Å². The highest BCUT2D eigenvalue weighted by Crippen LogP contribution is 2.37. The molecule has 1 saturated carbocycles. The van der Waals surface area contributed by atoms with Gasteiger partial charge in [0, 0.05) is 26.2 Å². The van der Waals surface area contributed by atoms with Gasteiger partial charge in [-0.2, -0.15) is 13.2 Å². The monoisotopic (exact) mass is 462 g/mol. The largest absolute Gasteiger partial charge is 0.391 e. The van der Waals surface area contributed by atoms with E-state index >= 15 is 0 Å². The minimum atomic E-state index is -4.04. The summed E-state index contributed by atoms with van der Waals surface area (Å²) >= 11 is 0. The number of hydrogen-bond donors (Lipinski definition) is 2. The van der Waals surface area contributed by atoms with E-state index in [1.54, 1.807) is 7.05 Å². The lowest BCUT2D eigenvalue weighted by Crippen LogP contribution is -2.48. The first-order valence-corrected chi connectivity index (χ1v) is 8.61. The van der Waals surface area contributed by atoms with Crippen molar-refractivity contribution in [1.82, 2.24) is 15.5 Å². The summed E-state index contributed by atoms with van der Waals surface area (Å²) in [7, 11) is 3.85. The Labute approximate surface area is 160 Å². The minimum absolute atomic E-state index is 0. The van der Waals surface area contributed by atoms with E-state index < -0.39 is 12.1 Å². The molecule has 142 valence electrons. The second-order valence-electron chi connectivity index (χ2n) is 6.96. The number of piperidine rings is 1. The summed E-state index contributed by atoms with van der Waals surface area (Å²) in [5.74, 6) is 0.190. The zero-order valence-corrected chi connectivity index (χ0v) is 16.9. The summed E-state index contributed by atoms with van der Waals surface area (Å²) in [6.07, 6.45) is -0.0789. The van der Waals surface area contributed by atoms with E-state index in [0.717, 1.165) is 19.6 Å². The molecule has 1 aliphatic carbocycles. The number of rotatable bonds is 3. The van der Waals surface area contributed by atoms with Crippen LogP contribution in [-0.4, -0.2) is 56.8 Å². The van der Waals surface area contributed by atoms with E-state index in [1.165, 1.54) is 12.8 Å². The van der Waals surface area contributed by atoms with Gasteiger partial charge < -0.3 is 15.5 Å². The van der Waals surface area contributed by atoms with Crippen molar-refractivity contribution >= 4 is 29.9 Å². The van der Waals surface area contributed by atoms with Crippen LogP contribution in [0.5, 0.6) is 0 Å². The Kier molecular flexibility index (Phi) is 9.11. The fraction of sp³-hybridized carbons (Fsp3) is 0.938. The molecule has 1 atom stereocenters. The van der Waals surface area contributed by atoms with E-state index in [9.17, 15) is 13.2 Å². The average molecular weight is 462 g/mol. The third kappa shape index (κ3) is 6.93. The summed E-state index contributed by atoms with van der Waals surface area (Å²) in [6, 6.07) is 0.0915. The number of nitrogens with zero attached hydrogens (tertiary/aromatic N) is 2. The van der Waals surface area contributed by atoms with Crippen molar-refractivity contribution in [3.63, 3.8) is 0 Å². The van der Waals surface area contributed by atoms with Gasteiger partial charge in [-0.1, -0.05) is 0 Å². The lowest BCUT2D eigenvalue weighted by Gasteiger charge is -2.32. The van der Waals surface area contributed by atoms with Crippen LogP contribution >= 0.6 is 24.0 Å². The molecule has 4 nitrogen and oxygen atoms in total. The van der Waals surface area contributed by atoms with Crippen molar-refractivity contribution in [3.05, 3.63) is 0 Å². The van der Waals surface area contributed by atoms with Gasteiger partial charge in [-0.3, -0.25) is 4.99 Å². The van der Waals surface area contributed by atoms with Crippen molar-refractivity contribution in [2.75, 3.05) is 33.7 Å². The molecule has 0 aromatic rings. The van der Waals surface area contributed by atoms with E-state index in [0.29, 0.717) is 24.7 Å². The van der Waals surface area contributed by atoms with Crippen LogP contribution < -0.4 is 10.6 Å². The predicted molar refractivity (Wildman–Crippen MR) is 102 cm³/mol. The number of aliphatic imine (C=N–C) groups is 1. The SMILES string of the molecule is CN=C(NCC1CCCN(C)C1)NC1CCC(C(F)(F)F)CC1.I. The Bertz CT molecular complexity index is 395. The lowest BCUT2D eigenvalue weighted by atomic mass is 9.85. The van der Waals surface area contributed by atoms with Crippen LogP contribution in [0.15, 0.2) is 4.99 Å². The Balaban J connectivity index is 0.00000288. The van der Waals surface area contributed by atoms with Crippen molar-refractivity contribution in [2.24, 2.45) is 16.8 Å². The molecule has 0 bridgehead atoms. The molecule has 2 N–H and O–H groups in total. The number of halogens is 4. The van der Waals surface area contributed by atoms with Gasteiger partial charge in [-0.15, -0.1) is 24.0 Å². The highest BCUT2D eigenvalue weighted by atomic mass is 127. The molecule has 0 amide bonds. The number of guanidine groups is 1. The molecule has 0 aromatic carbocycles. The van der Waals surface area contributed by atoms with Crippen LogP contribution in [0, 0.1) is 11.8 Å². The smallest absolute Gasteiger partial charge is 0.356 e. The molecule has 2 aliphatic rings. The van der Waals surface area contributed by atoms with Gasteiger partial charge in [0.05, 0.1) is 5.92 Å². The summed E-state index contributed by atoms with van der Waals surface area (Å²) in [5, 5.41) is 6.62. The van der Waals surface area contributed by atoms with E-state index in [2.05, 4.69) is 27.6 Å². The molecular weight excluding hydrogens is 432 g/mol. The maximum Gasteiger partial charge on any atom is 0.391 e. The molecule has 0 radical (unpaired) electrons. The number of alkyl halides is 3. The summed E-state index contributed by atoms with van der Waals surface area (Å²) in [4.78, 5) is 6.55. The number of nitrogens with one attached hydrogen (secondary N) is 2. The van der Waals surface area contributed by atoms with Crippen LogP contribution in [0.2, 0.25) is 0 Å². The molecule has 1 saturated heterocycles. The van der Waals surface area contributed by atoms with Crippen LogP contribution in [0.3, 0.4) is 0 Å².